The number of hydrogen-bond donors (Lipinski definition) is 2. The molecule has 0 spiro atoms. The maximum Gasteiger partial charge on any atom is 0.287 e. The van der Waals surface area contributed by atoms with Crippen LogP contribution in [0.25, 0.3) is 0 Å². The Morgan fingerprint density at radius 3 is 3.05 bits per heavy atom. The molecule has 5 heteroatoms. The van der Waals surface area contributed by atoms with Gasteiger partial charge in [-0.25, -0.2) is 5.43 Å². The van der Waals surface area contributed by atoms with E-state index < -0.39 is 0 Å². The van der Waals surface area contributed by atoms with Gasteiger partial charge in [-0.3, -0.25) is 4.79 Å². The highest BCUT2D eigenvalue weighted by molar-refractivity contribution is 5.92. The predicted molar refractivity (Wildman–Crippen MR) is 71.1 cm³/mol. The number of H-pyrrole nitrogens is 1. The van der Waals surface area contributed by atoms with Crippen LogP contribution in [0.3, 0.4) is 0 Å². The van der Waals surface area contributed by atoms with Gasteiger partial charge in [-0.2, -0.15) is 5.10 Å². The van der Waals surface area contributed by atoms with E-state index in [0.29, 0.717) is 23.3 Å². The summed E-state index contributed by atoms with van der Waals surface area (Å²) in [5.74, 6) is 2.65. The van der Waals surface area contributed by atoms with Crippen LogP contribution in [-0.2, 0) is 0 Å². The lowest BCUT2D eigenvalue weighted by Gasteiger charge is -1.95. The van der Waals surface area contributed by atoms with Crippen molar-refractivity contribution in [1.82, 2.24) is 10.4 Å². The minimum Gasteiger partial charge on any atom is -0.460 e. The third-order valence-corrected chi connectivity index (χ3v) is 3.32. The number of hydrazone groups is 1. The van der Waals surface area contributed by atoms with Gasteiger partial charge in [-0.1, -0.05) is 6.92 Å². The van der Waals surface area contributed by atoms with Crippen molar-refractivity contribution in [3.8, 4) is 0 Å². The number of aromatic amines is 1. The van der Waals surface area contributed by atoms with Gasteiger partial charge >= 0.3 is 0 Å². The number of carbonyl (C=O) groups is 1. The van der Waals surface area contributed by atoms with Crippen LogP contribution in [-0.4, -0.2) is 17.1 Å². The van der Waals surface area contributed by atoms with Gasteiger partial charge in [0.1, 0.15) is 17.2 Å². The molecular weight excluding hydrogens is 242 g/mol. The van der Waals surface area contributed by atoms with Crippen LogP contribution in [0.1, 0.15) is 41.3 Å². The van der Waals surface area contributed by atoms with Crippen molar-refractivity contribution in [3.05, 3.63) is 47.7 Å². The molecule has 0 aliphatic heterocycles. The molecule has 98 valence electrons. The van der Waals surface area contributed by atoms with E-state index in [9.17, 15) is 4.79 Å². The molecule has 1 amide bonds. The molecule has 1 aliphatic carbocycles. The van der Waals surface area contributed by atoms with Gasteiger partial charge in [0, 0.05) is 12.1 Å². The molecule has 5 nitrogen and oxygen atoms in total. The maximum absolute atomic E-state index is 11.6. The summed E-state index contributed by atoms with van der Waals surface area (Å²) in [7, 11) is 0. The highest BCUT2D eigenvalue weighted by Crippen LogP contribution is 2.47. The Balaban J connectivity index is 1.57. The number of amides is 1. The van der Waals surface area contributed by atoms with Crippen LogP contribution < -0.4 is 5.43 Å². The van der Waals surface area contributed by atoms with Gasteiger partial charge < -0.3 is 9.40 Å². The van der Waals surface area contributed by atoms with E-state index in [1.807, 2.05) is 12.1 Å². The standard InChI is InChI=1S/C14H15N3O2/c1-9-7-11(9)13-5-4-10(19-13)8-16-17-14(18)12-3-2-6-15-12/h2-6,8-9,11,15H,7H2,1H3,(H,17,18)/b16-8-/t9-,11+/m1/s1. The first-order valence-corrected chi connectivity index (χ1v) is 6.30. The lowest BCUT2D eigenvalue weighted by molar-refractivity contribution is 0.0951. The molecule has 0 aromatic carbocycles. The second-order valence-corrected chi connectivity index (χ2v) is 4.84. The molecule has 1 aliphatic rings. The smallest absolute Gasteiger partial charge is 0.287 e. The number of rotatable bonds is 4. The first-order valence-electron chi connectivity index (χ1n) is 6.30. The number of nitrogens with zero attached hydrogens (tertiary/aromatic N) is 1. The van der Waals surface area contributed by atoms with Crippen molar-refractivity contribution in [2.75, 3.05) is 0 Å². The fourth-order valence-corrected chi connectivity index (χ4v) is 2.04. The fourth-order valence-electron chi connectivity index (χ4n) is 2.04. The molecule has 19 heavy (non-hydrogen) atoms. The molecular formula is C14H15N3O2. The van der Waals surface area contributed by atoms with Crippen molar-refractivity contribution in [2.45, 2.75) is 19.3 Å². The van der Waals surface area contributed by atoms with Crippen LogP contribution in [0.4, 0.5) is 0 Å². The summed E-state index contributed by atoms with van der Waals surface area (Å²) in [5, 5.41) is 3.87. The molecule has 0 radical (unpaired) electrons. The van der Waals surface area contributed by atoms with Crippen LogP contribution in [0.15, 0.2) is 40.0 Å². The van der Waals surface area contributed by atoms with E-state index in [2.05, 4.69) is 22.4 Å². The second kappa shape index (κ2) is 4.76. The highest BCUT2D eigenvalue weighted by Gasteiger charge is 2.36. The Bertz CT molecular complexity index is 598. The molecule has 2 heterocycles. The van der Waals surface area contributed by atoms with Gasteiger partial charge in [0.05, 0.1) is 6.21 Å². The zero-order chi connectivity index (χ0) is 13.2. The minimum atomic E-state index is -0.274. The Labute approximate surface area is 110 Å². The van der Waals surface area contributed by atoms with E-state index in [-0.39, 0.29) is 5.91 Å². The summed E-state index contributed by atoms with van der Waals surface area (Å²) in [6.07, 6.45) is 4.39. The monoisotopic (exact) mass is 257 g/mol. The molecule has 2 atom stereocenters. The van der Waals surface area contributed by atoms with Crippen molar-refractivity contribution < 1.29 is 9.21 Å². The van der Waals surface area contributed by atoms with Crippen molar-refractivity contribution >= 4 is 12.1 Å². The lowest BCUT2D eigenvalue weighted by Crippen LogP contribution is -2.17. The summed E-state index contributed by atoms with van der Waals surface area (Å²) in [6, 6.07) is 7.28. The Morgan fingerprint density at radius 1 is 1.53 bits per heavy atom. The minimum absolute atomic E-state index is 0.274. The number of carbonyl (C=O) groups excluding carboxylic acids is 1. The topological polar surface area (TPSA) is 70.4 Å². The van der Waals surface area contributed by atoms with E-state index in [4.69, 9.17) is 4.42 Å². The highest BCUT2D eigenvalue weighted by atomic mass is 16.3. The summed E-state index contributed by atoms with van der Waals surface area (Å²) >= 11 is 0. The first-order chi connectivity index (χ1) is 9.24. The van der Waals surface area contributed by atoms with Crippen molar-refractivity contribution in [3.63, 3.8) is 0 Å². The average Bonchev–Trinajstić information content (AvgIpc) is 2.90. The number of nitrogens with one attached hydrogen (secondary N) is 2. The molecule has 2 aromatic rings. The predicted octanol–water partition coefficient (Wildman–Crippen LogP) is 2.50. The van der Waals surface area contributed by atoms with Gasteiger partial charge in [0.15, 0.2) is 0 Å². The Hall–Kier alpha value is -2.30. The van der Waals surface area contributed by atoms with E-state index in [1.165, 1.54) is 12.6 Å². The molecule has 0 saturated heterocycles. The van der Waals surface area contributed by atoms with Gasteiger partial charge in [-0.05, 0) is 36.6 Å². The zero-order valence-corrected chi connectivity index (χ0v) is 10.6. The number of aromatic nitrogens is 1. The quantitative estimate of drug-likeness (QED) is 0.652. The normalized spacial score (nSPS) is 21.7. The Kier molecular flexibility index (Phi) is 2.95. The Morgan fingerprint density at radius 2 is 2.37 bits per heavy atom. The van der Waals surface area contributed by atoms with Gasteiger partial charge in [0.2, 0.25) is 0 Å². The van der Waals surface area contributed by atoms with Gasteiger partial charge in [0.25, 0.3) is 5.91 Å². The molecule has 0 bridgehead atoms. The average molecular weight is 257 g/mol. The zero-order valence-electron chi connectivity index (χ0n) is 10.6. The van der Waals surface area contributed by atoms with Crippen LogP contribution in [0.2, 0.25) is 0 Å². The first kappa shape index (κ1) is 11.8. The maximum atomic E-state index is 11.6. The third-order valence-electron chi connectivity index (χ3n) is 3.32. The van der Waals surface area contributed by atoms with Crippen LogP contribution >= 0.6 is 0 Å². The van der Waals surface area contributed by atoms with Crippen molar-refractivity contribution in [2.24, 2.45) is 11.0 Å². The molecule has 2 N–H and O–H groups in total. The van der Waals surface area contributed by atoms with Crippen molar-refractivity contribution in [1.29, 1.82) is 0 Å². The second-order valence-electron chi connectivity index (χ2n) is 4.84. The summed E-state index contributed by atoms with van der Waals surface area (Å²) < 4.78 is 5.64. The molecule has 1 fully saturated rings. The third kappa shape index (κ3) is 2.59. The largest absolute Gasteiger partial charge is 0.460 e. The number of furan rings is 1. The SMILES string of the molecule is C[C@@H]1C[C@@H]1c1ccc(/C=N\NC(=O)c2ccc[nH]2)o1. The lowest BCUT2D eigenvalue weighted by atomic mass is 10.3. The van der Waals surface area contributed by atoms with E-state index in [1.54, 1.807) is 18.3 Å². The molecule has 3 rings (SSSR count). The summed E-state index contributed by atoms with van der Waals surface area (Å²) in [4.78, 5) is 14.4. The fraction of sp³-hybridized carbons (Fsp3) is 0.286. The molecule has 1 saturated carbocycles. The molecule has 2 aromatic heterocycles. The summed E-state index contributed by atoms with van der Waals surface area (Å²) in [6.45, 7) is 2.21. The molecule has 0 unspecified atom stereocenters. The van der Waals surface area contributed by atoms with Crippen LogP contribution in [0.5, 0.6) is 0 Å². The summed E-state index contributed by atoms with van der Waals surface area (Å²) in [5.41, 5.74) is 2.91. The van der Waals surface area contributed by atoms with Gasteiger partial charge in [-0.15, -0.1) is 0 Å². The van der Waals surface area contributed by atoms with Crippen LogP contribution in [0, 0.1) is 5.92 Å². The van der Waals surface area contributed by atoms with E-state index in [0.717, 1.165) is 5.76 Å². The number of hydrogen-bond acceptors (Lipinski definition) is 3. The van der Waals surface area contributed by atoms with E-state index >= 15 is 0 Å².